The number of hydrogen-bond acceptors (Lipinski definition) is 5. The first-order chi connectivity index (χ1) is 13.5. The summed E-state index contributed by atoms with van der Waals surface area (Å²) in [6.45, 7) is 3.94. The van der Waals surface area contributed by atoms with Crippen LogP contribution in [-0.4, -0.2) is 56.4 Å². The summed E-state index contributed by atoms with van der Waals surface area (Å²) in [4.78, 5) is 16.5. The van der Waals surface area contributed by atoms with Gasteiger partial charge in [-0.15, -0.1) is 11.3 Å². The van der Waals surface area contributed by atoms with Crippen molar-refractivity contribution in [3.05, 3.63) is 51.7 Å². The number of likely N-dealkylation sites (tertiary alicyclic amines) is 1. The van der Waals surface area contributed by atoms with Crippen LogP contribution in [0.5, 0.6) is 0 Å². The molecule has 0 N–H and O–H groups in total. The standard InChI is InChI=1S/C20H24N2O4S2/c1-15-6-7-16(14-19(15)28(24,25)21-9-11-26-12-10-21)20(23)22-8-2-4-17(22)18-5-3-13-27-18/h3,5-7,13-14,17H,2,4,8-12H2,1H3. The van der Waals surface area contributed by atoms with Crippen molar-refractivity contribution in [2.24, 2.45) is 0 Å². The number of hydrogen-bond donors (Lipinski definition) is 0. The summed E-state index contributed by atoms with van der Waals surface area (Å²) < 4.78 is 32.9. The first-order valence-corrected chi connectivity index (χ1v) is 11.8. The lowest BCUT2D eigenvalue weighted by Gasteiger charge is -2.27. The number of amides is 1. The maximum atomic E-state index is 13.2. The molecule has 3 heterocycles. The number of thiophene rings is 1. The molecule has 4 rings (SSSR count). The van der Waals surface area contributed by atoms with E-state index in [9.17, 15) is 13.2 Å². The Morgan fingerprint density at radius 2 is 1.96 bits per heavy atom. The maximum absolute atomic E-state index is 13.2. The van der Waals surface area contributed by atoms with Crippen molar-refractivity contribution in [2.75, 3.05) is 32.8 Å². The second kappa shape index (κ2) is 7.94. The third-order valence-electron chi connectivity index (χ3n) is 5.41. The first-order valence-electron chi connectivity index (χ1n) is 9.51. The van der Waals surface area contributed by atoms with E-state index in [1.165, 1.54) is 9.18 Å². The number of nitrogens with zero attached hydrogens (tertiary/aromatic N) is 2. The number of benzene rings is 1. The summed E-state index contributed by atoms with van der Waals surface area (Å²) in [5, 5.41) is 2.02. The van der Waals surface area contributed by atoms with Gasteiger partial charge < -0.3 is 9.64 Å². The topological polar surface area (TPSA) is 66.9 Å². The van der Waals surface area contributed by atoms with Gasteiger partial charge in [0.15, 0.2) is 0 Å². The summed E-state index contributed by atoms with van der Waals surface area (Å²) in [7, 11) is -3.64. The molecule has 1 atom stereocenters. The minimum Gasteiger partial charge on any atom is -0.379 e. The molecule has 1 amide bonds. The summed E-state index contributed by atoms with van der Waals surface area (Å²) in [6.07, 6.45) is 1.90. The fourth-order valence-electron chi connectivity index (χ4n) is 3.89. The molecule has 0 saturated carbocycles. The molecule has 150 valence electrons. The van der Waals surface area contributed by atoms with Crippen molar-refractivity contribution in [1.29, 1.82) is 0 Å². The number of morpholine rings is 1. The number of carbonyl (C=O) groups excluding carboxylic acids is 1. The fraction of sp³-hybridized carbons (Fsp3) is 0.450. The van der Waals surface area contributed by atoms with E-state index < -0.39 is 10.0 Å². The average Bonchev–Trinajstić information content (AvgIpc) is 3.40. The Labute approximate surface area is 169 Å². The van der Waals surface area contributed by atoms with Gasteiger partial charge in [-0.2, -0.15) is 4.31 Å². The molecular formula is C20H24N2O4S2. The number of carbonyl (C=O) groups is 1. The van der Waals surface area contributed by atoms with Crippen LogP contribution in [0.3, 0.4) is 0 Å². The quantitative estimate of drug-likeness (QED) is 0.763. The smallest absolute Gasteiger partial charge is 0.254 e. The molecule has 2 saturated heterocycles. The zero-order valence-electron chi connectivity index (χ0n) is 15.8. The van der Waals surface area contributed by atoms with Crippen LogP contribution in [0.4, 0.5) is 0 Å². The zero-order chi connectivity index (χ0) is 19.7. The average molecular weight is 421 g/mol. The van der Waals surface area contributed by atoms with E-state index in [-0.39, 0.29) is 16.8 Å². The van der Waals surface area contributed by atoms with Gasteiger partial charge in [0, 0.05) is 30.1 Å². The van der Waals surface area contributed by atoms with E-state index in [2.05, 4.69) is 6.07 Å². The van der Waals surface area contributed by atoms with Gasteiger partial charge in [0.2, 0.25) is 10.0 Å². The van der Waals surface area contributed by atoms with E-state index in [4.69, 9.17) is 4.74 Å². The Bertz CT molecular complexity index is 951. The van der Waals surface area contributed by atoms with E-state index in [1.807, 2.05) is 16.3 Å². The highest BCUT2D eigenvalue weighted by molar-refractivity contribution is 7.89. The highest BCUT2D eigenvalue weighted by Crippen LogP contribution is 2.36. The van der Waals surface area contributed by atoms with Gasteiger partial charge >= 0.3 is 0 Å². The van der Waals surface area contributed by atoms with Gasteiger partial charge in [0.25, 0.3) is 5.91 Å². The van der Waals surface area contributed by atoms with Crippen molar-refractivity contribution in [1.82, 2.24) is 9.21 Å². The van der Waals surface area contributed by atoms with Crippen LogP contribution in [0.15, 0.2) is 40.6 Å². The van der Waals surface area contributed by atoms with Crippen LogP contribution < -0.4 is 0 Å². The number of aryl methyl sites for hydroxylation is 1. The molecule has 6 nitrogen and oxygen atoms in total. The number of ether oxygens (including phenoxy) is 1. The minimum atomic E-state index is -3.64. The molecule has 2 aliphatic rings. The maximum Gasteiger partial charge on any atom is 0.254 e. The van der Waals surface area contributed by atoms with Crippen LogP contribution in [-0.2, 0) is 14.8 Å². The molecule has 0 bridgehead atoms. The van der Waals surface area contributed by atoms with Gasteiger partial charge in [-0.1, -0.05) is 12.1 Å². The summed E-state index contributed by atoms with van der Waals surface area (Å²) >= 11 is 1.66. The normalized spacial score (nSPS) is 21.2. The molecular weight excluding hydrogens is 396 g/mol. The Morgan fingerprint density at radius 1 is 1.18 bits per heavy atom. The van der Waals surface area contributed by atoms with Gasteiger partial charge in [-0.05, 0) is 48.9 Å². The molecule has 2 aromatic rings. The molecule has 0 spiro atoms. The third kappa shape index (κ3) is 3.61. The van der Waals surface area contributed by atoms with Crippen LogP contribution in [0.1, 0.15) is 39.7 Å². The molecule has 1 aromatic carbocycles. The van der Waals surface area contributed by atoms with Crippen molar-refractivity contribution in [3.8, 4) is 0 Å². The summed E-state index contributed by atoms with van der Waals surface area (Å²) in [5.41, 5.74) is 1.08. The van der Waals surface area contributed by atoms with Crippen molar-refractivity contribution >= 4 is 27.3 Å². The lowest BCUT2D eigenvalue weighted by Crippen LogP contribution is -2.41. The lowest BCUT2D eigenvalue weighted by molar-refractivity contribution is 0.0728. The molecule has 0 aliphatic carbocycles. The SMILES string of the molecule is Cc1ccc(C(=O)N2CCCC2c2cccs2)cc1S(=O)(=O)N1CCOCC1. The van der Waals surface area contributed by atoms with Crippen molar-refractivity contribution in [3.63, 3.8) is 0 Å². The molecule has 2 fully saturated rings. The van der Waals surface area contributed by atoms with Gasteiger partial charge in [-0.25, -0.2) is 8.42 Å². The van der Waals surface area contributed by atoms with E-state index in [0.717, 1.165) is 12.8 Å². The van der Waals surface area contributed by atoms with Crippen LogP contribution in [0.2, 0.25) is 0 Å². The molecule has 28 heavy (non-hydrogen) atoms. The summed E-state index contributed by atoms with van der Waals surface area (Å²) in [6, 6.07) is 9.15. The van der Waals surface area contributed by atoms with E-state index >= 15 is 0 Å². The van der Waals surface area contributed by atoms with Crippen LogP contribution in [0.25, 0.3) is 0 Å². The Kier molecular flexibility index (Phi) is 5.55. The monoisotopic (exact) mass is 420 g/mol. The molecule has 8 heteroatoms. The van der Waals surface area contributed by atoms with Crippen molar-refractivity contribution in [2.45, 2.75) is 30.7 Å². The van der Waals surface area contributed by atoms with Gasteiger partial charge in [0.1, 0.15) is 0 Å². The minimum absolute atomic E-state index is 0.0769. The number of rotatable bonds is 4. The lowest BCUT2D eigenvalue weighted by atomic mass is 10.1. The third-order valence-corrected chi connectivity index (χ3v) is 8.42. The Morgan fingerprint density at radius 3 is 2.68 bits per heavy atom. The molecule has 0 radical (unpaired) electrons. The van der Waals surface area contributed by atoms with E-state index in [1.54, 1.807) is 36.5 Å². The number of sulfonamides is 1. The highest BCUT2D eigenvalue weighted by Gasteiger charge is 2.33. The van der Waals surface area contributed by atoms with Crippen LogP contribution >= 0.6 is 11.3 Å². The Hall–Kier alpha value is -1.74. The van der Waals surface area contributed by atoms with Gasteiger partial charge in [0.05, 0.1) is 24.2 Å². The molecule has 2 aliphatic heterocycles. The molecule has 1 unspecified atom stereocenters. The first kappa shape index (κ1) is 19.6. The van der Waals surface area contributed by atoms with E-state index in [0.29, 0.717) is 44.0 Å². The molecule has 1 aromatic heterocycles. The van der Waals surface area contributed by atoms with Gasteiger partial charge in [-0.3, -0.25) is 4.79 Å². The summed E-state index contributed by atoms with van der Waals surface area (Å²) in [5.74, 6) is -0.102. The van der Waals surface area contributed by atoms with Crippen molar-refractivity contribution < 1.29 is 17.9 Å². The fourth-order valence-corrected chi connectivity index (χ4v) is 6.42. The second-order valence-electron chi connectivity index (χ2n) is 7.17. The predicted molar refractivity (Wildman–Crippen MR) is 108 cm³/mol. The largest absolute Gasteiger partial charge is 0.379 e. The Balaban J connectivity index is 1.64. The van der Waals surface area contributed by atoms with Crippen LogP contribution in [0, 0.1) is 6.92 Å². The second-order valence-corrected chi connectivity index (χ2v) is 10.1. The predicted octanol–water partition coefficient (Wildman–Crippen LogP) is 3.05. The zero-order valence-corrected chi connectivity index (χ0v) is 17.5. The highest BCUT2D eigenvalue weighted by atomic mass is 32.2.